The highest BCUT2D eigenvalue weighted by atomic mass is 32.1. The average molecular weight is 738 g/mol. The van der Waals surface area contributed by atoms with E-state index in [4.69, 9.17) is 33.2 Å². The summed E-state index contributed by atoms with van der Waals surface area (Å²) in [6.45, 7) is 8.64. The molecule has 5 rings (SSSR count). The molecule has 2 atom stereocenters. The number of amides is 1. The Balaban J connectivity index is 1.76. The van der Waals surface area contributed by atoms with Crippen molar-refractivity contribution in [1.29, 1.82) is 0 Å². The van der Waals surface area contributed by atoms with E-state index in [-0.39, 0.29) is 41.6 Å². The highest BCUT2D eigenvalue weighted by Crippen LogP contribution is 2.49. The molecule has 15 heteroatoms. The van der Waals surface area contributed by atoms with Gasteiger partial charge in [-0.1, -0.05) is 19.9 Å². The first-order chi connectivity index (χ1) is 24.8. The minimum absolute atomic E-state index is 0.0326. The van der Waals surface area contributed by atoms with E-state index < -0.39 is 41.6 Å². The number of aromatic nitrogens is 2. The van der Waals surface area contributed by atoms with Crippen LogP contribution in [0, 0.1) is 11.7 Å². The maximum Gasteiger partial charge on any atom is 0.411 e. The molecule has 4 aromatic rings. The molecule has 0 bridgehead atoms. The third-order valence-electron chi connectivity index (χ3n) is 8.18. The predicted molar refractivity (Wildman–Crippen MR) is 189 cm³/mol. The SMILES string of the molecule is CCOC(=O)C(NC(=O)OC1(c2ccc(OC(C)C)c(F)c2)OC(=O)C(c2ccc3nsnc3c2)=C1Cc1cc(OC)c(OC)c(OC)c1)C(C)C. The Kier molecular flexibility index (Phi) is 11.5. The van der Waals surface area contributed by atoms with Crippen LogP contribution in [0.3, 0.4) is 0 Å². The zero-order valence-corrected chi connectivity index (χ0v) is 30.8. The molecule has 2 heterocycles. The molecular formula is C37H40FN3O10S. The van der Waals surface area contributed by atoms with E-state index in [2.05, 4.69) is 14.1 Å². The molecule has 1 aromatic heterocycles. The normalized spacial score (nSPS) is 16.2. The van der Waals surface area contributed by atoms with Crippen LogP contribution in [0.4, 0.5) is 9.18 Å². The minimum Gasteiger partial charge on any atom is -0.493 e. The second-order valence-corrected chi connectivity index (χ2v) is 12.9. The molecule has 0 saturated heterocycles. The van der Waals surface area contributed by atoms with E-state index in [9.17, 15) is 14.4 Å². The van der Waals surface area contributed by atoms with Crippen molar-refractivity contribution in [3.05, 3.63) is 76.6 Å². The number of benzene rings is 3. The Morgan fingerprint density at radius 2 is 1.62 bits per heavy atom. The summed E-state index contributed by atoms with van der Waals surface area (Å²) in [7, 11) is 4.38. The second kappa shape index (κ2) is 15.8. The minimum atomic E-state index is -2.36. The van der Waals surface area contributed by atoms with E-state index >= 15 is 4.39 Å². The monoisotopic (exact) mass is 737 g/mol. The van der Waals surface area contributed by atoms with Crippen molar-refractivity contribution in [1.82, 2.24) is 14.1 Å². The van der Waals surface area contributed by atoms with Crippen molar-refractivity contribution in [2.45, 2.75) is 59.0 Å². The number of alkyl carbamates (subject to hydrolysis) is 1. The van der Waals surface area contributed by atoms with Gasteiger partial charge in [0.2, 0.25) is 5.75 Å². The molecule has 0 aliphatic carbocycles. The number of hydrogen-bond donors (Lipinski definition) is 1. The lowest BCUT2D eigenvalue weighted by Crippen LogP contribution is -2.48. The van der Waals surface area contributed by atoms with E-state index in [1.807, 2.05) is 0 Å². The lowest BCUT2D eigenvalue weighted by molar-refractivity contribution is -0.186. The summed E-state index contributed by atoms with van der Waals surface area (Å²) < 4.78 is 64.1. The smallest absolute Gasteiger partial charge is 0.411 e. The van der Waals surface area contributed by atoms with Gasteiger partial charge in [-0.3, -0.25) is 0 Å². The molecule has 0 radical (unpaired) electrons. The van der Waals surface area contributed by atoms with Crippen LogP contribution in [0.5, 0.6) is 23.0 Å². The highest BCUT2D eigenvalue weighted by Gasteiger charge is 2.53. The number of nitrogens with zero attached hydrogens (tertiary/aromatic N) is 2. The van der Waals surface area contributed by atoms with Crippen molar-refractivity contribution in [2.24, 2.45) is 5.92 Å². The number of esters is 2. The third-order valence-corrected chi connectivity index (χ3v) is 8.74. The van der Waals surface area contributed by atoms with Gasteiger partial charge in [-0.15, -0.1) is 0 Å². The number of fused-ring (bicyclic) bond motifs is 1. The van der Waals surface area contributed by atoms with Crippen molar-refractivity contribution >= 4 is 46.4 Å². The Labute approximate surface area is 304 Å². The van der Waals surface area contributed by atoms with Gasteiger partial charge in [0.1, 0.15) is 17.1 Å². The Morgan fingerprint density at radius 1 is 0.923 bits per heavy atom. The number of nitrogens with one attached hydrogen (secondary N) is 1. The fourth-order valence-electron chi connectivity index (χ4n) is 5.85. The van der Waals surface area contributed by atoms with Crippen molar-refractivity contribution in [3.63, 3.8) is 0 Å². The highest BCUT2D eigenvalue weighted by molar-refractivity contribution is 7.00. The lowest BCUT2D eigenvalue weighted by atomic mass is 9.87. The van der Waals surface area contributed by atoms with Gasteiger partial charge in [0.05, 0.1) is 51.3 Å². The number of hydrogen-bond acceptors (Lipinski definition) is 13. The van der Waals surface area contributed by atoms with Crippen LogP contribution in [-0.4, -0.2) is 66.9 Å². The Bertz CT molecular complexity index is 1990. The fourth-order valence-corrected chi connectivity index (χ4v) is 6.37. The molecule has 0 spiro atoms. The van der Waals surface area contributed by atoms with Gasteiger partial charge in [0, 0.05) is 17.6 Å². The number of carbonyl (C=O) groups is 3. The number of carbonyl (C=O) groups excluding carboxylic acids is 3. The van der Waals surface area contributed by atoms with Gasteiger partial charge >= 0.3 is 23.8 Å². The molecule has 1 aliphatic heterocycles. The summed E-state index contributed by atoms with van der Waals surface area (Å²) in [4.78, 5) is 41.0. The summed E-state index contributed by atoms with van der Waals surface area (Å²) in [5.41, 5.74) is 2.14. The van der Waals surface area contributed by atoms with Gasteiger partial charge in [-0.25, -0.2) is 18.8 Å². The van der Waals surface area contributed by atoms with Crippen LogP contribution in [0.25, 0.3) is 16.6 Å². The summed E-state index contributed by atoms with van der Waals surface area (Å²) in [6, 6.07) is 11.1. The molecule has 1 amide bonds. The Morgan fingerprint density at radius 3 is 2.21 bits per heavy atom. The quantitative estimate of drug-likeness (QED) is 0.143. The number of rotatable bonds is 14. The van der Waals surface area contributed by atoms with Gasteiger partial charge < -0.3 is 38.5 Å². The topological polar surface area (TPSA) is 154 Å². The van der Waals surface area contributed by atoms with E-state index in [1.54, 1.807) is 65.0 Å². The predicted octanol–water partition coefficient (Wildman–Crippen LogP) is 6.36. The van der Waals surface area contributed by atoms with E-state index in [0.717, 1.165) is 17.8 Å². The van der Waals surface area contributed by atoms with Crippen LogP contribution in [0.2, 0.25) is 0 Å². The first-order valence-corrected chi connectivity index (χ1v) is 17.2. The van der Waals surface area contributed by atoms with Crippen LogP contribution < -0.4 is 24.3 Å². The molecule has 276 valence electrons. The molecule has 2 unspecified atom stereocenters. The largest absolute Gasteiger partial charge is 0.493 e. The number of cyclic esters (lactones) is 1. The average Bonchev–Trinajstić information content (AvgIpc) is 3.68. The molecule has 52 heavy (non-hydrogen) atoms. The van der Waals surface area contributed by atoms with Crippen LogP contribution >= 0.6 is 11.7 Å². The molecule has 1 N–H and O–H groups in total. The molecule has 0 saturated carbocycles. The zero-order chi connectivity index (χ0) is 37.7. The third kappa shape index (κ3) is 7.59. The molecule has 3 aromatic carbocycles. The fraction of sp³-hybridized carbons (Fsp3) is 0.378. The number of halogens is 1. The zero-order valence-electron chi connectivity index (χ0n) is 30.0. The lowest BCUT2D eigenvalue weighted by Gasteiger charge is -2.32. The van der Waals surface area contributed by atoms with Crippen LogP contribution in [0.1, 0.15) is 51.3 Å². The standard InChI is InChI=1S/C37H40FN3O10S/c1-9-48-35(43)32(19(2)3)39-36(44)51-37(23-11-13-28(25(38)18-23)49-20(4)5)24(14-21-15-29(45-6)33(47-8)30(16-21)46-7)31(34(42)50-37)22-10-12-26-27(17-22)41-52-40-26/h10-13,15-20,32H,9,14H2,1-8H3,(H,39,44). The maximum atomic E-state index is 15.8. The van der Waals surface area contributed by atoms with Crippen LogP contribution in [0.15, 0.2) is 54.1 Å². The molecule has 0 fully saturated rings. The first kappa shape index (κ1) is 37.8. The van der Waals surface area contributed by atoms with E-state index in [1.165, 1.54) is 33.5 Å². The molecular weight excluding hydrogens is 697 g/mol. The molecule has 13 nitrogen and oxygen atoms in total. The van der Waals surface area contributed by atoms with Gasteiger partial charge in [0.15, 0.2) is 23.1 Å². The summed E-state index contributed by atoms with van der Waals surface area (Å²) in [5.74, 6) is -4.24. The first-order valence-electron chi connectivity index (χ1n) is 16.5. The van der Waals surface area contributed by atoms with Gasteiger partial charge in [-0.05, 0) is 80.3 Å². The number of ether oxygens (including phenoxy) is 7. The van der Waals surface area contributed by atoms with Crippen molar-refractivity contribution < 1.29 is 51.9 Å². The number of methoxy groups -OCH3 is 3. The van der Waals surface area contributed by atoms with E-state index in [0.29, 0.717) is 39.4 Å². The van der Waals surface area contributed by atoms with Crippen molar-refractivity contribution in [2.75, 3.05) is 27.9 Å². The Hall–Kier alpha value is -5.44. The second-order valence-electron chi connectivity index (χ2n) is 12.4. The summed E-state index contributed by atoms with van der Waals surface area (Å²) in [6.07, 6.45) is -1.60. The molecule has 1 aliphatic rings. The summed E-state index contributed by atoms with van der Waals surface area (Å²) >= 11 is 1.00. The van der Waals surface area contributed by atoms with Crippen molar-refractivity contribution in [3.8, 4) is 23.0 Å². The summed E-state index contributed by atoms with van der Waals surface area (Å²) in [5, 5.41) is 2.56. The maximum absolute atomic E-state index is 15.8. The van der Waals surface area contributed by atoms with Gasteiger partial charge in [0.25, 0.3) is 0 Å². The van der Waals surface area contributed by atoms with Gasteiger partial charge in [-0.2, -0.15) is 8.75 Å². The van der Waals surface area contributed by atoms with Crippen LogP contribution in [-0.2, 0) is 36.0 Å².